The van der Waals surface area contributed by atoms with E-state index < -0.39 is 0 Å². The number of nitrogens with one attached hydrogen (secondary N) is 1. The lowest BCUT2D eigenvalue weighted by molar-refractivity contribution is 0.219. The lowest BCUT2D eigenvalue weighted by atomic mass is 10.0. The predicted molar refractivity (Wildman–Crippen MR) is 69.8 cm³/mol. The maximum absolute atomic E-state index is 5.77. The van der Waals surface area contributed by atoms with Gasteiger partial charge in [0.15, 0.2) is 11.6 Å². The minimum atomic E-state index is 0.474. The summed E-state index contributed by atoms with van der Waals surface area (Å²) in [6.07, 6.45) is 6.82. The van der Waals surface area contributed by atoms with Crippen LogP contribution in [-0.2, 0) is 0 Å². The molecule has 0 amide bonds. The van der Waals surface area contributed by atoms with E-state index in [1.165, 1.54) is 13.0 Å². The Morgan fingerprint density at radius 2 is 2.06 bits per heavy atom. The molecule has 1 aromatic rings. The van der Waals surface area contributed by atoms with E-state index in [-0.39, 0.29) is 0 Å². The van der Waals surface area contributed by atoms with E-state index in [0.717, 1.165) is 31.7 Å². The van der Waals surface area contributed by atoms with Gasteiger partial charge >= 0.3 is 0 Å². The third kappa shape index (κ3) is 3.30. The maximum Gasteiger partial charge on any atom is 0.169 e. The number of likely N-dealkylation sites (tertiary alicyclic amines) is 1. The molecule has 0 atom stereocenters. The van der Waals surface area contributed by atoms with Crippen LogP contribution in [0.25, 0.3) is 0 Å². The standard InChI is InChI=1S/C12H21N5/c1-2-7-17-8-3-10(4-9-17)16-12-11(13)14-5-6-15-12/h5-6,10H,2-4,7-9H2,1H3,(H2,13,14)(H,15,16). The van der Waals surface area contributed by atoms with E-state index in [9.17, 15) is 0 Å². The average molecular weight is 235 g/mol. The highest BCUT2D eigenvalue weighted by atomic mass is 15.2. The molecule has 0 bridgehead atoms. The van der Waals surface area contributed by atoms with Crippen LogP contribution in [0.4, 0.5) is 11.6 Å². The highest BCUT2D eigenvalue weighted by molar-refractivity contribution is 5.55. The van der Waals surface area contributed by atoms with Crippen LogP contribution in [0.3, 0.4) is 0 Å². The summed E-state index contributed by atoms with van der Waals surface area (Å²) in [6, 6.07) is 0.474. The van der Waals surface area contributed by atoms with Crippen LogP contribution in [0.15, 0.2) is 12.4 Å². The summed E-state index contributed by atoms with van der Waals surface area (Å²) < 4.78 is 0. The molecule has 2 heterocycles. The zero-order valence-electron chi connectivity index (χ0n) is 10.4. The Morgan fingerprint density at radius 1 is 1.35 bits per heavy atom. The number of nitrogens with two attached hydrogens (primary N) is 1. The van der Waals surface area contributed by atoms with Gasteiger partial charge in [-0.15, -0.1) is 0 Å². The number of hydrogen-bond donors (Lipinski definition) is 2. The molecular formula is C12H21N5. The summed E-state index contributed by atoms with van der Waals surface area (Å²) in [5, 5.41) is 3.39. The minimum absolute atomic E-state index is 0.474. The normalized spacial score (nSPS) is 18.2. The van der Waals surface area contributed by atoms with Crippen molar-refractivity contribution in [1.82, 2.24) is 14.9 Å². The van der Waals surface area contributed by atoms with Gasteiger partial charge in [0, 0.05) is 31.5 Å². The average Bonchev–Trinajstić information content (AvgIpc) is 2.35. The van der Waals surface area contributed by atoms with Gasteiger partial charge in [0.2, 0.25) is 0 Å². The number of nitrogen functional groups attached to an aromatic ring is 1. The molecule has 5 heteroatoms. The number of anilines is 2. The van der Waals surface area contributed by atoms with E-state index in [4.69, 9.17) is 5.73 Å². The molecule has 0 spiro atoms. The molecule has 0 radical (unpaired) electrons. The third-order valence-corrected chi connectivity index (χ3v) is 3.19. The molecule has 0 unspecified atom stereocenters. The Labute approximate surface area is 102 Å². The quantitative estimate of drug-likeness (QED) is 0.824. The molecule has 1 aliphatic rings. The van der Waals surface area contributed by atoms with Crippen molar-refractivity contribution in [3.05, 3.63) is 12.4 Å². The van der Waals surface area contributed by atoms with E-state index in [2.05, 4.69) is 27.1 Å². The molecule has 5 nitrogen and oxygen atoms in total. The predicted octanol–water partition coefficient (Wildman–Crippen LogP) is 1.35. The highest BCUT2D eigenvalue weighted by Gasteiger charge is 2.19. The molecule has 17 heavy (non-hydrogen) atoms. The fourth-order valence-electron chi connectivity index (χ4n) is 2.27. The molecule has 0 saturated carbocycles. The van der Waals surface area contributed by atoms with Crippen LogP contribution in [0, 0.1) is 0 Å². The Morgan fingerprint density at radius 3 is 2.71 bits per heavy atom. The summed E-state index contributed by atoms with van der Waals surface area (Å²) in [5.41, 5.74) is 5.77. The highest BCUT2D eigenvalue weighted by Crippen LogP contribution is 2.17. The van der Waals surface area contributed by atoms with Crippen molar-refractivity contribution in [3.63, 3.8) is 0 Å². The maximum atomic E-state index is 5.77. The van der Waals surface area contributed by atoms with Crippen LogP contribution in [0.2, 0.25) is 0 Å². The molecule has 1 aromatic heterocycles. The van der Waals surface area contributed by atoms with Crippen molar-refractivity contribution < 1.29 is 0 Å². The van der Waals surface area contributed by atoms with Crippen molar-refractivity contribution in [1.29, 1.82) is 0 Å². The first-order chi connectivity index (χ1) is 8.29. The molecule has 1 saturated heterocycles. The lowest BCUT2D eigenvalue weighted by Crippen LogP contribution is -2.39. The van der Waals surface area contributed by atoms with Crippen LogP contribution in [0.1, 0.15) is 26.2 Å². The van der Waals surface area contributed by atoms with Gasteiger partial charge in [-0.3, -0.25) is 0 Å². The number of piperidine rings is 1. The second-order valence-corrected chi connectivity index (χ2v) is 4.55. The molecule has 1 fully saturated rings. The first-order valence-corrected chi connectivity index (χ1v) is 6.35. The topological polar surface area (TPSA) is 67.1 Å². The van der Waals surface area contributed by atoms with Crippen molar-refractivity contribution in [2.24, 2.45) is 0 Å². The van der Waals surface area contributed by atoms with Crippen LogP contribution in [0.5, 0.6) is 0 Å². The molecule has 3 N–H and O–H groups in total. The smallest absolute Gasteiger partial charge is 0.169 e. The lowest BCUT2D eigenvalue weighted by Gasteiger charge is -2.32. The van der Waals surface area contributed by atoms with E-state index in [1.54, 1.807) is 12.4 Å². The number of aromatic nitrogens is 2. The van der Waals surface area contributed by atoms with Crippen LogP contribution < -0.4 is 11.1 Å². The Kier molecular flexibility index (Phi) is 4.14. The van der Waals surface area contributed by atoms with Gasteiger partial charge in [0.1, 0.15) is 0 Å². The van der Waals surface area contributed by atoms with Crippen molar-refractivity contribution in [2.75, 3.05) is 30.7 Å². The van der Waals surface area contributed by atoms with Crippen molar-refractivity contribution in [2.45, 2.75) is 32.2 Å². The van der Waals surface area contributed by atoms with Crippen molar-refractivity contribution in [3.8, 4) is 0 Å². The molecule has 0 aromatic carbocycles. The summed E-state index contributed by atoms with van der Waals surface area (Å²) in [7, 11) is 0. The second kappa shape index (κ2) is 5.82. The number of rotatable bonds is 4. The fourth-order valence-corrected chi connectivity index (χ4v) is 2.27. The van der Waals surface area contributed by atoms with E-state index >= 15 is 0 Å². The summed E-state index contributed by atoms with van der Waals surface area (Å²) in [4.78, 5) is 10.8. The van der Waals surface area contributed by atoms with E-state index in [1.807, 2.05) is 0 Å². The van der Waals surface area contributed by atoms with Gasteiger partial charge < -0.3 is 16.0 Å². The summed E-state index contributed by atoms with van der Waals surface area (Å²) in [5.74, 6) is 1.21. The SMILES string of the molecule is CCCN1CCC(Nc2nccnc2N)CC1. The first kappa shape index (κ1) is 12.1. The zero-order valence-corrected chi connectivity index (χ0v) is 10.4. The van der Waals surface area contributed by atoms with Gasteiger partial charge in [-0.2, -0.15) is 0 Å². The van der Waals surface area contributed by atoms with Gasteiger partial charge in [-0.25, -0.2) is 9.97 Å². The fraction of sp³-hybridized carbons (Fsp3) is 0.667. The zero-order chi connectivity index (χ0) is 12.1. The van der Waals surface area contributed by atoms with Gasteiger partial charge in [0.05, 0.1) is 0 Å². The molecular weight excluding hydrogens is 214 g/mol. The minimum Gasteiger partial charge on any atom is -0.381 e. The van der Waals surface area contributed by atoms with Crippen LogP contribution >= 0.6 is 0 Å². The number of nitrogens with zero attached hydrogens (tertiary/aromatic N) is 3. The Balaban J connectivity index is 1.84. The van der Waals surface area contributed by atoms with E-state index in [0.29, 0.717) is 11.9 Å². The molecule has 0 aliphatic carbocycles. The third-order valence-electron chi connectivity index (χ3n) is 3.19. The van der Waals surface area contributed by atoms with Crippen molar-refractivity contribution >= 4 is 11.6 Å². The molecule has 94 valence electrons. The summed E-state index contributed by atoms with van der Waals surface area (Å²) in [6.45, 7) is 5.75. The summed E-state index contributed by atoms with van der Waals surface area (Å²) >= 11 is 0. The second-order valence-electron chi connectivity index (χ2n) is 4.55. The molecule has 2 rings (SSSR count). The molecule has 1 aliphatic heterocycles. The van der Waals surface area contributed by atoms with Crippen LogP contribution in [-0.4, -0.2) is 40.5 Å². The Bertz CT molecular complexity index is 347. The van der Waals surface area contributed by atoms with Gasteiger partial charge in [-0.05, 0) is 25.8 Å². The van der Waals surface area contributed by atoms with Gasteiger partial charge in [0.25, 0.3) is 0 Å². The largest absolute Gasteiger partial charge is 0.381 e. The van der Waals surface area contributed by atoms with Gasteiger partial charge in [-0.1, -0.05) is 6.92 Å². The Hall–Kier alpha value is -1.36. The monoisotopic (exact) mass is 235 g/mol. The first-order valence-electron chi connectivity index (χ1n) is 6.35. The number of hydrogen-bond acceptors (Lipinski definition) is 5.